The Morgan fingerprint density at radius 3 is 2.26 bits per heavy atom. The van der Waals surface area contributed by atoms with Crippen LogP contribution < -0.4 is 5.32 Å². The molecule has 168 valence electrons. The zero-order valence-corrected chi connectivity index (χ0v) is 18.7. The van der Waals surface area contributed by atoms with Crippen LogP contribution in [0, 0.1) is 0 Å². The van der Waals surface area contributed by atoms with Crippen LogP contribution in [0.5, 0.6) is 0 Å². The maximum atomic E-state index is 13.1. The molecule has 0 spiro atoms. The van der Waals surface area contributed by atoms with Crippen molar-refractivity contribution in [2.45, 2.75) is 11.0 Å². The van der Waals surface area contributed by atoms with E-state index in [1.54, 1.807) is 44.4 Å². The second-order valence-electron chi connectivity index (χ2n) is 7.07. The Kier molecular flexibility index (Phi) is 8.14. The van der Waals surface area contributed by atoms with Gasteiger partial charge in [-0.2, -0.15) is 0 Å². The minimum absolute atomic E-state index is 0.0659. The Morgan fingerprint density at radius 1 is 1.06 bits per heavy atom. The zero-order valence-electron chi connectivity index (χ0n) is 17.9. The minimum Gasteiger partial charge on any atom is -0.444 e. The van der Waals surface area contributed by atoms with Gasteiger partial charge in [0.15, 0.2) is 0 Å². The fourth-order valence-electron chi connectivity index (χ4n) is 2.70. The molecule has 0 bridgehead atoms. The number of amides is 1. The van der Waals surface area contributed by atoms with E-state index in [1.807, 2.05) is 0 Å². The van der Waals surface area contributed by atoms with Gasteiger partial charge in [0.2, 0.25) is 16.1 Å². The number of benzene rings is 2. The molecule has 0 heterocycles. The lowest BCUT2D eigenvalue weighted by Crippen LogP contribution is -2.31. The van der Waals surface area contributed by atoms with E-state index in [0.29, 0.717) is 5.56 Å². The number of carbonyl (C=O) groups is 2. The summed E-state index contributed by atoms with van der Waals surface area (Å²) in [6.45, 7) is -0.0587. The van der Waals surface area contributed by atoms with Crippen LogP contribution in [0.3, 0.4) is 0 Å². The molecule has 1 amide bonds. The number of nitrogens with one attached hydrogen (secondary N) is 1. The van der Waals surface area contributed by atoms with Gasteiger partial charge in [0.25, 0.3) is 5.91 Å². The average Bonchev–Trinajstić information content (AvgIpc) is 2.75. The largest absolute Gasteiger partial charge is 0.444 e. The number of hydrogen-bond donors (Lipinski definition) is 2. The molecule has 0 aliphatic heterocycles. The number of rotatable bonds is 9. The molecule has 2 rings (SSSR count). The number of ether oxygens (including phenoxy) is 1. The SMILES string of the molecule is CN(C)C(=O)C(OC(=O)c1cc(S(=O)(=O)N(C)C)ccc1NCCO)c1ccccc1. The van der Waals surface area contributed by atoms with Crippen LogP contribution in [0.25, 0.3) is 0 Å². The lowest BCUT2D eigenvalue weighted by molar-refractivity contribution is -0.138. The third-order valence-corrected chi connectivity index (χ3v) is 6.22. The van der Waals surface area contributed by atoms with Crippen LogP contribution >= 0.6 is 0 Å². The van der Waals surface area contributed by atoms with Gasteiger partial charge < -0.3 is 20.1 Å². The van der Waals surface area contributed by atoms with Gasteiger partial charge in [0.1, 0.15) is 0 Å². The highest BCUT2D eigenvalue weighted by molar-refractivity contribution is 7.89. The summed E-state index contributed by atoms with van der Waals surface area (Å²) in [6, 6.07) is 12.5. The van der Waals surface area contributed by atoms with Crippen molar-refractivity contribution in [2.24, 2.45) is 0 Å². The molecular formula is C21H27N3O6S. The van der Waals surface area contributed by atoms with Crippen molar-refractivity contribution in [3.8, 4) is 0 Å². The first-order valence-electron chi connectivity index (χ1n) is 9.48. The van der Waals surface area contributed by atoms with Crippen LogP contribution in [0.4, 0.5) is 5.69 Å². The zero-order chi connectivity index (χ0) is 23.2. The number of sulfonamides is 1. The Morgan fingerprint density at radius 2 is 1.71 bits per heavy atom. The Hall–Kier alpha value is -2.95. The summed E-state index contributed by atoms with van der Waals surface area (Å²) in [5.74, 6) is -1.32. The lowest BCUT2D eigenvalue weighted by Gasteiger charge is -2.22. The number of hydrogen-bond acceptors (Lipinski definition) is 7. The fraction of sp³-hybridized carbons (Fsp3) is 0.333. The highest BCUT2D eigenvalue weighted by Crippen LogP contribution is 2.27. The van der Waals surface area contributed by atoms with Gasteiger partial charge in [-0.15, -0.1) is 0 Å². The van der Waals surface area contributed by atoms with E-state index >= 15 is 0 Å². The number of aliphatic hydroxyl groups is 1. The van der Waals surface area contributed by atoms with Gasteiger partial charge in [-0.05, 0) is 18.2 Å². The van der Waals surface area contributed by atoms with Crippen molar-refractivity contribution in [1.29, 1.82) is 0 Å². The molecule has 0 fully saturated rings. The van der Waals surface area contributed by atoms with E-state index in [-0.39, 0.29) is 29.3 Å². The second kappa shape index (κ2) is 10.4. The Bertz CT molecular complexity index is 1020. The molecule has 1 atom stereocenters. The lowest BCUT2D eigenvalue weighted by atomic mass is 10.1. The number of anilines is 1. The predicted molar refractivity (Wildman–Crippen MR) is 116 cm³/mol. The summed E-state index contributed by atoms with van der Waals surface area (Å²) in [5, 5.41) is 12.0. The number of aliphatic hydroxyl groups excluding tert-OH is 1. The molecule has 9 nitrogen and oxygen atoms in total. The third kappa shape index (κ3) is 5.81. The molecule has 0 aromatic heterocycles. The second-order valence-corrected chi connectivity index (χ2v) is 9.23. The summed E-state index contributed by atoms with van der Waals surface area (Å²) < 4.78 is 31.6. The highest BCUT2D eigenvalue weighted by atomic mass is 32.2. The monoisotopic (exact) mass is 449 g/mol. The van der Waals surface area contributed by atoms with Crippen LogP contribution in [-0.4, -0.2) is 75.9 Å². The third-order valence-electron chi connectivity index (χ3n) is 4.41. The van der Waals surface area contributed by atoms with Gasteiger partial charge in [-0.3, -0.25) is 4.79 Å². The highest BCUT2D eigenvalue weighted by Gasteiger charge is 2.29. The number of nitrogens with zero attached hydrogens (tertiary/aromatic N) is 2. The van der Waals surface area contributed by atoms with Crippen molar-refractivity contribution in [1.82, 2.24) is 9.21 Å². The van der Waals surface area contributed by atoms with Crippen molar-refractivity contribution < 1.29 is 27.9 Å². The molecule has 2 aromatic rings. The van der Waals surface area contributed by atoms with Crippen LogP contribution in [0.15, 0.2) is 53.4 Å². The van der Waals surface area contributed by atoms with Crippen molar-refractivity contribution >= 4 is 27.6 Å². The van der Waals surface area contributed by atoms with Crippen molar-refractivity contribution in [3.05, 3.63) is 59.7 Å². The summed E-state index contributed by atoms with van der Waals surface area (Å²) in [6.07, 6.45) is -1.21. The molecule has 31 heavy (non-hydrogen) atoms. The number of carbonyl (C=O) groups excluding carboxylic acids is 2. The summed E-state index contributed by atoms with van der Waals surface area (Å²) in [4.78, 5) is 27.0. The molecule has 0 radical (unpaired) electrons. The van der Waals surface area contributed by atoms with Crippen LogP contribution in [0.1, 0.15) is 22.0 Å². The maximum absolute atomic E-state index is 13.1. The fourth-order valence-corrected chi connectivity index (χ4v) is 3.63. The van der Waals surface area contributed by atoms with Gasteiger partial charge >= 0.3 is 5.97 Å². The van der Waals surface area contributed by atoms with E-state index in [2.05, 4.69) is 5.32 Å². The van der Waals surface area contributed by atoms with Gasteiger partial charge in [-0.25, -0.2) is 17.5 Å². The summed E-state index contributed by atoms with van der Waals surface area (Å²) in [7, 11) is 2.05. The molecule has 0 aliphatic rings. The molecule has 0 aliphatic carbocycles. The molecule has 2 aromatic carbocycles. The number of likely N-dealkylation sites (N-methyl/N-ethyl adjacent to an activating group) is 1. The normalized spacial score (nSPS) is 12.3. The quantitative estimate of drug-likeness (QED) is 0.555. The molecule has 0 saturated heterocycles. The Labute approximate surface area is 182 Å². The van der Waals surface area contributed by atoms with Crippen LogP contribution in [0.2, 0.25) is 0 Å². The van der Waals surface area contributed by atoms with Gasteiger partial charge in [-0.1, -0.05) is 30.3 Å². The van der Waals surface area contributed by atoms with E-state index < -0.39 is 28.0 Å². The van der Waals surface area contributed by atoms with Crippen molar-refractivity contribution in [3.63, 3.8) is 0 Å². The standard InChI is InChI=1S/C21H27N3O6S/c1-23(2)20(26)19(15-8-6-5-7-9-15)30-21(27)17-14-16(31(28,29)24(3)4)10-11-18(17)22-12-13-25/h5-11,14,19,22,25H,12-13H2,1-4H3. The first kappa shape index (κ1) is 24.3. The van der Waals surface area contributed by atoms with Gasteiger partial charge in [0.05, 0.1) is 17.1 Å². The number of esters is 1. The summed E-state index contributed by atoms with van der Waals surface area (Å²) in [5.41, 5.74) is 0.696. The molecule has 10 heteroatoms. The average molecular weight is 450 g/mol. The van der Waals surface area contributed by atoms with E-state index in [0.717, 1.165) is 4.31 Å². The van der Waals surface area contributed by atoms with E-state index in [9.17, 15) is 18.0 Å². The maximum Gasteiger partial charge on any atom is 0.341 e. The van der Waals surface area contributed by atoms with Gasteiger partial charge in [0, 0.05) is 46.0 Å². The molecule has 1 unspecified atom stereocenters. The molecule has 2 N–H and O–H groups in total. The van der Waals surface area contributed by atoms with Crippen LogP contribution in [-0.2, 0) is 19.6 Å². The van der Waals surface area contributed by atoms with E-state index in [1.165, 1.54) is 37.2 Å². The smallest absolute Gasteiger partial charge is 0.341 e. The summed E-state index contributed by atoms with van der Waals surface area (Å²) >= 11 is 0. The van der Waals surface area contributed by atoms with Crippen molar-refractivity contribution in [2.75, 3.05) is 46.7 Å². The topological polar surface area (TPSA) is 116 Å². The predicted octanol–water partition coefficient (Wildman–Crippen LogP) is 1.33. The minimum atomic E-state index is -3.81. The Balaban J connectivity index is 2.50. The first-order chi connectivity index (χ1) is 14.6. The first-order valence-corrected chi connectivity index (χ1v) is 10.9. The molecular weight excluding hydrogens is 422 g/mol. The van der Waals surface area contributed by atoms with E-state index in [4.69, 9.17) is 9.84 Å². The molecule has 0 saturated carbocycles.